The standard InChI is InChI=1S/C28H32N2O/c1-28(2,3)25-14-15-29-26-23(25)17-22(16-20-10-6-4-7-11-20)18-24(26)27(31)30-19-21-12-8-5-9-13-21/h4-13,17-18,25,29H,14-16,19H2,1-3H3,(H,30,31). The van der Waals surface area contributed by atoms with Gasteiger partial charge in [-0.05, 0) is 52.5 Å². The molecule has 3 aromatic rings. The summed E-state index contributed by atoms with van der Waals surface area (Å²) >= 11 is 0. The van der Waals surface area contributed by atoms with Crippen LogP contribution in [-0.2, 0) is 13.0 Å². The van der Waals surface area contributed by atoms with Crippen LogP contribution in [0.2, 0.25) is 0 Å². The Hall–Kier alpha value is -3.07. The zero-order valence-electron chi connectivity index (χ0n) is 18.7. The molecule has 0 radical (unpaired) electrons. The van der Waals surface area contributed by atoms with Crippen molar-refractivity contribution in [3.05, 3.63) is 101 Å². The highest BCUT2D eigenvalue weighted by Crippen LogP contribution is 2.45. The van der Waals surface area contributed by atoms with Gasteiger partial charge in [0.05, 0.1) is 11.3 Å². The van der Waals surface area contributed by atoms with Crippen LogP contribution < -0.4 is 10.6 Å². The molecule has 2 N–H and O–H groups in total. The molecule has 160 valence electrons. The lowest BCUT2D eigenvalue weighted by Gasteiger charge is -2.37. The molecular weight excluding hydrogens is 380 g/mol. The second-order valence-corrected chi connectivity index (χ2v) is 9.57. The topological polar surface area (TPSA) is 41.1 Å². The second-order valence-electron chi connectivity index (χ2n) is 9.57. The predicted molar refractivity (Wildman–Crippen MR) is 129 cm³/mol. The lowest BCUT2D eigenvalue weighted by molar-refractivity contribution is 0.0951. The molecule has 0 spiro atoms. The van der Waals surface area contributed by atoms with E-state index >= 15 is 0 Å². The Bertz CT molecular complexity index is 1040. The zero-order valence-corrected chi connectivity index (χ0v) is 18.7. The monoisotopic (exact) mass is 412 g/mol. The Labute approximate surface area is 185 Å². The SMILES string of the molecule is CC(C)(C)C1CCNc2c(C(=O)NCc3ccccc3)cc(Cc3ccccc3)cc21. The van der Waals surface area contributed by atoms with E-state index in [1.165, 1.54) is 16.7 Å². The quantitative estimate of drug-likeness (QED) is 0.527. The van der Waals surface area contributed by atoms with Crippen molar-refractivity contribution in [1.29, 1.82) is 0 Å². The Morgan fingerprint density at radius 1 is 0.935 bits per heavy atom. The molecule has 31 heavy (non-hydrogen) atoms. The molecule has 0 aliphatic carbocycles. The van der Waals surface area contributed by atoms with Crippen LogP contribution >= 0.6 is 0 Å². The van der Waals surface area contributed by atoms with Crippen molar-refractivity contribution in [2.45, 2.75) is 46.1 Å². The predicted octanol–water partition coefficient (Wildman–Crippen LogP) is 6.15. The summed E-state index contributed by atoms with van der Waals surface area (Å²) in [5.41, 5.74) is 6.73. The van der Waals surface area contributed by atoms with Gasteiger partial charge in [-0.15, -0.1) is 0 Å². The van der Waals surface area contributed by atoms with E-state index in [4.69, 9.17) is 0 Å². The van der Waals surface area contributed by atoms with E-state index in [1.807, 2.05) is 36.4 Å². The number of hydrogen-bond donors (Lipinski definition) is 2. The third-order valence-electron chi connectivity index (χ3n) is 6.18. The summed E-state index contributed by atoms with van der Waals surface area (Å²) in [7, 11) is 0. The molecule has 3 heteroatoms. The van der Waals surface area contributed by atoms with Crippen molar-refractivity contribution < 1.29 is 4.79 Å². The van der Waals surface area contributed by atoms with E-state index in [1.54, 1.807) is 0 Å². The number of fused-ring (bicyclic) bond motifs is 1. The number of benzene rings is 3. The molecule has 3 aromatic carbocycles. The van der Waals surface area contributed by atoms with Gasteiger partial charge in [0.1, 0.15) is 0 Å². The van der Waals surface area contributed by atoms with Crippen molar-refractivity contribution in [2.75, 3.05) is 11.9 Å². The summed E-state index contributed by atoms with van der Waals surface area (Å²) in [6.07, 6.45) is 1.90. The second kappa shape index (κ2) is 8.97. The fourth-order valence-electron chi connectivity index (χ4n) is 4.58. The number of anilines is 1. The van der Waals surface area contributed by atoms with Crippen LogP contribution in [0, 0.1) is 5.41 Å². The van der Waals surface area contributed by atoms with Gasteiger partial charge in [-0.3, -0.25) is 4.79 Å². The lowest BCUT2D eigenvalue weighted by Crippen LogP contribution is -2.30. The molecule has 1 heterocycles. The minimum absolute atomic E-state index is 0.0166. The number of hydrogen-bond acceptors (Lipinski definition) is 2. The van der Waals surface area contributed by atoms with Crippen LogP contribution in [-0.4, -0.2) is 12.5 Å². The van der Waals surface area contributed by atoms with Crippen LogP contribution in [0.1, 0.15) is 65.7 Å². The maximum absolute atomic E-state index is 13.3. The summed E-state index contributed by atoms with van der Waals surface area (Å²) in [6.45, 7) is 8.31. The number of nitrogens with one attached hydrogen (secondary N) is 2. The van der Waals surface area contributed by atoms with Gasteiger partial charge >= 0.3 is 0 Å². The molecule has 0 aromatic heterocycles. The molecule has 4 rings (SSSR count). The van der Waals surface area contributed by atoms with E-state index in [0.29, 0.717) is 12.5 Å². The Balaban J connectivity index is 1.70. The van der Waals surface area contributed by atoms with E-state index < -0.39 is 0 Å². The van der Waals surface area contributed by atoms with Crippen LogP contribution in [0.15, 0.2) is 72.8 Å². The van der Waals surface area contributed by atoms with Crippen LogP contribution in [0.25, 0.3) is 0 Å². The molecule has 1 atom stereocenters. The minimum Gasteiger partial charge on any atom is -0.384 e. The van der Waals surface area contributed by atoms with Gasteiger partial charge in [-0.2, -0.15) is 0 Å². The number of carbonyl (C=O) groups is 1. The van der Waals surface area contributed by atoms with E-state index in [0.717, 1.165) is 36.2 Å². The Morgan fingerprint density at radius 3 is 2.23 bits per heavy atom. The highest BCUT2D eigenvalue weighted by atomic mass is 16.1. The number of amides is 1. The van der Waals surface area contributed by atoms with Crippen molar-refractivity contribution in [3.8, 4) is 0 Å². The summed E-state index contributed by atoms with van der Waals surface area (Å²) in [6, 6.07) is 24.9. The van der Waals surface area contributed by atoms with Crippen LogP contribution in [0.4, 0.5) is 5.69 Å². The van der Waals surface area contributed by atoms with Gasteiger partial charge in [-0.1, -0.05) is 87.5 Å². The highest BCUT2D eigenvalue weighted by molar-refractivity contribution is 6.01. The van der Waals surface area contributed by atoms with Crippen molar-refractivity contribution in [1.82, 2.24) is 5.32 Å². The summed E-state index contributed by atoms with van der Waals surface area (Å²) in [4.78, 5) is 13.3. The molecular formula is C28H32N2O. The van der Waals surface area contributed by atoms with Gasteiger partial charge < -0.3 is 10.6 Å². The van der Waals surface area contributed by atoms with Gasteiger partial charge in [-0.25, -0.2) is 0 Å². The number of rotatable bonds is 5. The molecule has 0 bridgehead atoms. The number of carbonyl (C=O) groups excluding carboxylic acids is 1. The Morgan fingerprint density at radius 2 is 1.58 bits per heavy atom. The van der Waals surface area contributed by atoms with Crippen LogP contribution in [0.5, 0.6) is 0 Å². The van der Waals surface area contributed by atoms with E-state index in [2.05, 4.69) is 67.8 Å². The van der Waals surface area contributed by atoms with Gasteiger partial charge in [0, 0.05) is 13.1 Å². The average molecular weight is 413 g/mol. The third-order valence-corrected chi connectivity index (χ3v) is 6.18. The molecule has 1 amide bonds. The molecule has 1 unspecified atom stereocenters. The first-order valence-electron chi connectivity index (χ1n) is 11.2. The van der Waals surface area contributed by atoms with Crippen LogP contribution in [0.3, 0.4) is 0 Å². The zero-order chi connectivity index (χ0) is 21.8. The summed E-state index contributed by atoms with van der Waals surface area (Å²) in [5.74, 6) is 0.400. The smallest absolute Gasteiger partial charge is 0.253 e. The fourth-order valence-corrected chi connectivity index (χ4v) is 4.58. The average Bonchev–Trinajstić information content (AvgIpc) is 2.77. The summed E-state index contributed by atoms with van der Waals surface area (Å²) < 4.78 is 0. The molecule has 0 saturated carbocycles. The summed E-state index contributed by atoms with van der Waals surface area (Å²) in [5, 5.41) is 6.67. The largest absolute Gasteiger partial charge is 0.384 e. The molecule has 0 saturated heterocycles. The first-order chi connectivity index (χ1) is 14.9. The molecule has 1 aliphatic rings. The third kappa shape index (κ3) is 4.99. The fraction of sp³-hybridized carbons (Fsp3) is 0.321. The van der Waals surface area contributed by atoms with Crippen molar-refractivity contribution in [2.24, 2.45) is 5.41 Å². The first-order valence-corrected chi connectivity index (χ1v) is 11.2. The van der Waals surface area contributed by atoms with Crippen molar-refractivity contribution in [3.63, 3.8) is 0 Å². The minimum atomic E-state index is -0.0166. The maximum atomic E-state index is 13.3. The van der Waals surface area contributed by atoms with Gasteiger partial charge in [0.15, 0.2) is 0 Å². The maximum Gasteiger partial charge on any atom is 0.253 e. The molecule has 0 fully saturated rings. The lowest BCUT2D eigenvalue weighted by atomic mass is 9.72. The molecule has 1 aliphatic heterocycles. The Kier molecular flexibility index (Phi) is 6.13. The van der Waals surface area contributed by atoms with Crippen molar-refractivity contribution >= 4 is 11.6 Å². The first kappa shape index (κ1) is 21.2. The van der Waals surface area contributed by atoms with Gasteiger partial charge in [0.25, 0.3) is 5.91 Å². The molecule has 3 nitrogen and oxygen atoms in total. The van der Waals surface area contributed by atoms with E-state index in [-0.39, 0.29) is 11.3 Å². The highest BCUT2D eigenvalue weighted by Gasteiger charge is 2.33. The van der Waals surface area contributed by atoms with Gasteiger partial charge in [0.2, 0.25) is 0 Å². The normalized spacial score (nSPS) is 15.6. The van der Waals surface area contributed by atoms with E-state index in [9.17, 15) is 4.79 Å².